The second-order valence-corrected chi connectivity index (χ2v) is 6.37. The van der Waals surface area contributed by atoms with Gasteiger partial charge in [-0.05, 0) is 23.8 Å². The van der Waals surface area contributed by atoms with Crippen molar-refractivity contribution in [3.05, 3.63) is 47.1 Å². The number of methoxy groups -OCH3 is 1. The van der Waals surface area contributed by atoms with E-state index in [0.717, 1.165) is 11.8 Å². The van der Waals surface area contributed by atoms with Crippen molar-refractivity contribution in [1.29, 1.82) is 0 Å². The van der Waals surface area contributed by atoms with Gasteiger partial charge in [0.1, 0.15) is 10.7 Å². The number of anilines is 2. The summed E-state index contributed by atoms with van der Waals surface area (Å²) < 4.78 is 32.0. The van der Waals surface area contributed by atoms with E-state index in [2.05, 4.69) is 9.71 Å². The highest BCUT2D eigenvalue weighted by atomic mass is 35.5. The van der Waals surface area contributed by atoms with E-state index in [1.807, 2.05) is 6.07 Å². The van der Waals surface area contributed by atoms with Crippen LogP contribution < -0.4 is 10.5 Å². The Morgan fingerprint density at radius 1 is 1.38 bits per heavy atom. The summed E-state index contributed by atoms with van der Waals surface area (Å²) in [6.45, 7) is 0.394. The zero-order chi connectivity index (χ0) is 15.5. The van der Waals surface area contributed by atoms with Gasteiger partial charge < -0.3 is 10.5 Å². The van der Waals surface area contributed by atoms with Gasteiger partial charge in [-0.1, -0.05) is 23.7 Å². The lowest BCUT2D eigenvalue weighted by molar-refractivity contribution is 0.185. The third kappa shape index (κ3) is 3.84. The van der Waals surface area contributed by atoms with Crippen molar-refractivity contribution in [3.8, 4) is 0 Å². The van der Waals surface area contributed by atoms with Crippen molar-refractivity contribution in [2.75, 3.05) is 17.6 Å². The second kappa shape index (κ2) is 6.30. The Morgan fingerprint density at radius 2 is 2.14 bits per heavy atom. The maximum atomic E-state index is 12.3. The Labute approximate surface area is 128 Å². The first-order valence-electron chi connectivity index (χ1n) is 5.94. The Hall–Kier alpha value is -1.83. The van der Waals surface area contributed by atoms with Crippen molar-refractivity contribution in [1.82, 2.24) is 4.98 Å². The van der Waals surface area contributed by atoms with Crippen molar-refractivity contribution in [2.45, 2.75) is 11.5 Å². The highest BCUT2D eigenvalue weighted by Gasteiger charge is 2.16. The number of hydrogen-bond acceptors (Lipinski definition) is 5. The van der Waals surface area contributed by atoms with E-state index in [0.29, 0.717) is 12.3 Å². The van der Waals surface area contributed by atoms with E-state index in [9.17, 15) is 8.42 Å². The third-order valence-corrected chi connectivity index (χ3v) is 4.30. The molecule has 0 fully saturated rings. The molecule has 21 heavy (non-hydrogen) atoms. The average Bonchev–Trinajstić information content (AvgIpc) is 2.42. The molecule has 0 amide bonds. The molecule has 2 aromatic rings. The zero-order valence-electron chi connectivity index (χ0n) is 11.2. The number of nitrogen functional groups attached to an aromatic ring is 1. The molecule has 1 aromatic carbocycles. The Balaban J connectivity index is 2.28. The molecule has 0 atom stereocenters. The second-order valence-electron chi connectivity index (χ2n) is 4.28. The number of rotatable bonds is 5. The molecule has 0 aliphatic rings. The first-order valence-corrected chi connectivity index (χ1v) is 7.80. The fourth-order valence-corrected chi connectivity index (χ4v) is 2.93. The maximum absolute atomic E-state index is 12.3. The molecule has 0 aliphatic heterocycles. The van der Waals surface area contributed by atoms with E-state index in [4.69, 9.17) is 22.1 Å². The normalized spacial score (nSPS) is 11.3. The van der Waals surface area contributed by atoms with E-state index in [-0.39, 0.29) is 15.7 Å². The zero-order valence-corrected chi connectivity index (χ0v) is 12.8. The molecule has 0 bridgehead atoms. The predicted molar refractivity (Wildman–Crippen MR) is 81.6 cm³/mol. The Morgan fingerprint density at radius 3 is 2.81 bits per heavy atom. The van der Waals surface area contributed by atoms with Crippen LogP contribution in [0, 0.1) is 0 Å². The first kappa shape index (κ1) is 15.6. The van der Waals surface area contributed by atoms with E-state index < -0.39 is 10.0 Å². The molecule has 8 heteroatoms. The first-order chi connectivity index (χ1) is 9.92. The number of nitrogens with two attached hydrogens (primary N) is 1. The number of nitrogens with one attached hydrogen (secondary N) is 1. The van der Waals surface area contributed by atoms with Gasteiger partial charge >= 0.3 is 0 Å². The summed E-state index contributed by atoms with van der Waals surface area (Å²) in [5, 5.41) is 0.0889. The summed E-state index contributed by atoms with van der Waals surface area (Å²) in [5.41, 5.74) is 6.75. The minimum atomic E-state index is -3.78. The summed E-state index contributed by atoms with van der Waals surface area (Å²) in [4.78, 5) is 3.68. The van der Waals surface area contributed by atoms with Gasteiger partial charge in [0.15, 0.2) is 0 Å². The number of hydrogen-bond donors (Lipinski definition) is 2. The molecule has 6 nitrogen and oxygen atoms in total. The van der Waals surface area contributed by atoms with Crippen LogP contribution in [0.1, 0.15) is 5.56 Å². The number of aromatic nitrogens is 1. The number of benzene rings is 1. The van der Waals surface area contributed by atoms with Gasteiger partial charge in [-0.15, -0.1) is 0 Å². The van der Waals surface area contributed by atoms with Crippen molar-refractivity contribution in [2.24, 2.45) is 0 Å². The molecule has 0 spiro atoms. The number of sulfonamides is 1. The standard InChI is InChI=1S/C13H14ClN3O3S/c1-20-8-9-3-2-4-10(5-9)17-21(18,19)11-6-12(14)13(15)16-7-11/h2-7,17H,8H2,1H3,(H2,15,16). The molecule has 0 unspecified atom stereocenters. The van der Waals surface area contributed by atoms with Crippen LogP contribution in [0.2, 0.25) is 5.02 Å². The minimum Gasteiger partial charge on any atom is -0.382 e. The lowest BCUT2D eigenvalue weighted by Gasteiger charge is -2.10. The molecular formula is C13H14ClN3O3S. The summed E-state index contributed by atoms with van der Waals surface area (Å²) >= 11 is 5.79. The summed E-state index contributed by atoms with van der Waals surface area (Å²) in [6, 6.07) is 8.16. The van der Waals surface area contributed by atoms with Crippen LogP contribution in [0.25, 0.3) is 0 Å². The van der Waals surface area contributed by atoms with Gasteiger partial charge in [-0.25, -0.2) is 13.4 Å². The molecule has 112 valence electrons. The summed E-state index contributed by atoms with van der Waals surface area (Å²) in [5.74, 6) is 0.0812. The van der Waals surface area contributed by atoms with Crippen molar-refractivity contribution < 1.29 is 13.2 Å². The Kier molecular flexibility index (Phi) is 4.66. The van der Waals surface area contributed by atoms with Crippen LogP contribution in [-0.2, 0) is 21.4 Å². The number of nitrogens with zero attached hydrogens (tertiary/aromatic N) is 1. The fraction of sp³-hybridized carbons (Fsp3) is 0.154. The van der Waals surface area contributed by atoms with Crippen molar-refractivity contribution in [3.63, 3.8) is 0 Å². The van der Waals surface area contributed by atoms with Gasteiger partial charge in [0.2, 0.25) is 0 Å². The summed E-state index contributed by atoms with van der Waals surface area (Å²) in [6.07, 6.45) is 1.16. The smallest absolute Gasteiger partial charge is 0.263 e. The molecule has 2 rings (SSSR count). The lowest BCUT2D eigenvalue weighted by Crippen LogP contribution is -2.13. The molecular weight excluding hydrogens is 314 g/mol. The van der Waals surface area contributed by atoms with Gasteiger partial charge in [0.05, 0.1) is 11.6 Å². The molecule has 0 saturated heterocycles. The van der Waals surface area contributed by atoms with E-state index in [1.54, 1.807) is 25.3 Å². The molecule has 0 aliphatic carbocycles. The largest absolute Gasteiger partial charge is 0.382 e. The van der Waals surface area contributed by atoms with Crippen LogP contribution in [0.5, 0.6) is 0 Å². The molecule has 0 radical (unpaired) electrons. The fourth-order valence-electron chi connectivity index (χ4n) is 1.68. The van der Waals surface area contributed by atoms with Gasteiger partial charge in [-0.2, -0.15) is 0 Å². The van der Waals surface area contributed by atoms with Gasteiger partial charge in [-0.3, -0.25) is 4.72 Å². The summed E-state index contributed by atoms with van der Waals surface area (Å²) in [7, 11) is -2.21. The molecule has 1 heterocycles. The van der Waals surface area contributed by atoms with Crippen LogP contribution in [0.15, 0.2) is 41.4 Å². The van der Waals surface area contributed by atoms with Gasteiger partial charge in [0.25, 0.3) is 10.0 Å². The average molecular weight is 328 g/mol. The minimum absolute atomic E-state index is 0.0566. The van der Waals surface area contributed by atoms with E-state index in [1.165, 1.54) is 6.07 Å². The number of ether oxygens (including phenoxy) is 1. The lowest BCUT2D eigenvalue weighted by atomic mass is 10.2. The van der Waals surface area contributed by atoms with Crippen LogP contribution in [-0.4, -0.2) is 20.5 Å². The van der Waals surface area contributed by atoms with Crippen LogP contribution in [0.4, 0.5) is 11.5 Å². The topological polar surface area (TPSA) is 94.3 Å². The predicted octanol–water partition coefficient (Wildman–Crippen LogP) is 2.26. The van der Waals surface area contributed by atoms with Crippen molar-refractivity contribution >= 4 is 33.1 Å². The third-order valence-electron chi connectivity index (χ3n) is 2.65. The maximum Gasteiger partial charge on any atom is 0.263 e. The quantitative estimate of drug-likeness (QED) is 0.878. The van der Waals surface area contributed by atoms with Crippen LogP contribution in [0.3, 0.4) is 0 Å². The Bertz CT molecular complexity index is 750. The monoisotopic (exact) mass is 327 g/mol. The molecule has 0 saturated carbocycles. The number of halogens is 1. The number of pyridine rings is 1. The SMILES string of the molecule is COCc1cccc(NS(=O)(=O)c2cnc(N)c(Cl)c2)c1. The molecule has 3 N–H and O–H groups in total. The van der Waals surface area contributed by atoms with Crippen LogP contribution >= 0.6 is 11.6 Å². The van der Waals surface area contributed by atoms with E-state index >= 15 is 0 Å². The highest BCUT2D eigenvalue weighted by Crippen LogP contribution is 2.22. The molecule has 1 aromatic heterocycles. The van der Waals surface area contributed by atoms with Gasteiger partial charge in [0, 0.05) is 19.0 Å². The highest BCUT2D eigenvalue weighted by molar-refractivity contribution is 7.92.